The molecule has 0 saturated heterocycles. The lowest BCUT2D eigenvalue weighted by Crippen LogP contribution is -2.12. The molecule has 92 valence electrons. The number of carboxylic acid groups (broad SMARTS) is 1. The summed E-state index contributed by atoms with van der Waals surface area (Å²) < 4.78 is 1.95. The molecule has 1 fully saturated rings. The molecule has 5 nitrogen and oxygen atoms in total. The Morgan fingerprint density at radius 1 is 1.47 bits per heavy atom. The highest BCUT2D eigenvalue weighted by Crippen LogP contribution is 2.42. The molecule has 0 atom stereocenters. The van der Waals surface area contributed by atoms with E-state index in [1.54, 1.807) is 12.3 Å². The van der Waals surface area contributed by atoms with Crippen LogP contribution in [0, 0.1) is 0 Å². The third-order valence-corrected chi connectivity index (χ3v) is 3.02. The number of nitrogens with zero attached hydrogens (tertiary/aromatic N) is 1. The number of aromatic nitrogens is 1. The number of hydrogen-bond acceptors (Lipinski definition) is 2. The molecular formula is C12H16N2O3. The molecule has 0 spiro atoms. The summed E-state index contributed by atoms with van der Waals surface area (Å²) in [5.74, 6) is -0.811. The third-order valence-electron chi connectivity index (χ3n) is 3.02. The van der Waals surface area contributed by atoms with Crippen LogP contribution >= 0.6 is 0 Å². The van der Waals surface area contributed by atoms with Gasteiger partial charge in [-0.1, -0.05) is 0 Å². The smallest absolute Gasteiger partial charge is 0.337 e. The van der Waals surface area contributed by atoms with Crippen molar-refractivity contribution in [3.05, 3.63) is 23.5 Å². The maximum absolute atomic E-state index is 11.1. The summed E-state index contributed by atoms with van der Waals surface area (Å²) in [6, 6.07) is 1.64. The number of nitrogens with two attached hydrogens (primary N) is 1. The molecular weight excluding hydrogens is 220 g/mol. The van der Waals surface area contributed by atoms with Crippen molar-refractivity contribution in [2.75, 3.05) is 0 Å². The maximum Gasteiger partial charge on any atom is 0.337 e. The normalized spacial score (nSPS) is 14.8. The van der Waals surface area contributed by atoms with Crippen molar-refractivity contribution in [2.45, 2.75) is 38.1 Å². The predicted octanol–water partition coefficient (Wildman–Crippen LogP) is 1.33. The molecule has 0 unspecified atom stereocenters. The van der Waals surface area contributed by atoms with Gasteiger partial charge in [0.1, 0.15) is 0 Å². The van der Waals surface area contributed by atoms with Crippen LogP contribution in [0.2, 0.25) is 0 Å². The number of aromatic carboxylic acids is 1. The molecule has 5 heteroatoms. The van der Waals surface area contributed by atoms with Crippen LogP contribution in [-0.2, 0) is 11.3 Å². The Morgan fingerprint density at radius 2 is 2.18 bits per heavy atom. The summed E-state index contributed by atoms with van der Waals surface area (Å²) in [4.78, 5) is 21.7. The number of hydrogen-bond donors (Lipinski definition) is 2. The lowest BCUT2D eigenvalue weighted by Gasteiger charge is -2.08. The molecule has 1 aromatic heterocycles. The maximum atomic E-state index is 11.1. The zero-order valence-electron chi connectivity index (χ0n) is 9.56. The van der Waals surface area contributed by atoms with Gasteiger partial charge >= 0.3 is 5.97 Å². The van der Waals surface area contributed by atoms with E-state index in [1.807, 2.05) is 4.57 Å². The van der Waals surface area contributed by atoms with Gasteiger partial charge in [-0.05, 0) is 25.3 Å². The van der Waals surface area contributed by atoms with Crippen LogP contribution in [0.15, 0.2) is 12.3 Å². The number of amides is 1. The van der Waals surface area contributed by atoms with Crippen molar-refractivity contribution >= 4 is 11.9 Å². The summed E-state index contributed by atoms with van der Waals surface area (Å²) in [7, 11) is 0. The minimum atomic E-state index is -0.874. The Bertz CT molecular complexity index is 447. The van der Waals surface area contributed by atoms with Crippen LogP contribution in [0.4, 0.5) is 0 Å². The van der Waals surface area contributed by atoms with Crippen molar-refractivity contribution in [3.63, 3.8) is 0 Å². The molecule has 1 aromatic rings. The lowest BCUT2D eigenvalue weighted by atomic mass is 10.1. The molecule has 0 aliphatic heterocycles. The van der Waals surface area contributed by atoms with Crippen LogP contribution in [0.5, 0.6) is 0 Å². The number of carbonyl (C=O) groups excluding carboxylic acids is 1. The molecule has 2 rings (SSSR count). The Morgan fingerprint density at radius 3 is 2.71 bits per heavy atom. The van der Waals surface area contributed by atoms with Gasteiger partial charge in [-0.2, -0.15) is 0 Å². The average Bonchev–Trinajstić information content (AvgIpc) is 2.99. The molecule has 0 bridgehead atoms. The van der Waals surface area contributed by atoms with Gasteiger partial charge in [-0.3, -0.25) is 4.79 Å². The number of carboxylic acids is 1. The molecule has 17 heavy (non-hydrogen) atoms. The van der Waals surface area contributed by atoms with Crippen LogP contribution in [0.3, 0.4) is 0 Å². The first-order valence-electron chi connectivity index (χ1n) is 5.80. The Hall–Kier alpha value is -1.78. The van der Waals surface area contributed by atoms with Gasteiger partial charge < -0.3 is 15.4 Å². The quantitative estimate of drug-likeness (QED) is 0.781. The van der Waals surface area contributed by atoms with E-state index in [1.165, 1.54) is 0 Å². The van der Waals surface area contributed by atoms with E-state index in [4.69, 9.17) is 10.8 Å². The molecule has 1 saturated carbocycles. The Kier molecular flexibility index (Phi) is 3.17. The molecule has 0 aromatic carbocycles. The van der Waals surface area contributed by atoms with Gasteiger partial charge in [0.25, 0.3) is 0 Å². The topological polar surface area (TPSA) is 85.3 Å². The Labute approximate surface area is 99.2 Å². The number of carbonyl (C=O) groups is 2. The van der Waals surface area contributed by atoms with Crippen molar-refractivity contribution < 1.29 is 14.7 Å². The second kappa shape index (κ2) is 4.61. The van der Waals surface area contributed by atoms with E-state index in [0.717, 1.165) is 18.5 Å². The van der Waals surface area contributed by atoms with Gasteiger partial charge in [0.05, 0.1) is 5.56 Å². The van der Waals surface area contributed by atoms with Gasteiger partial charge in [-0.25, -0.2) is 4.79 Å². The fourth-order valence-electron chi connectivity index (χ4n) is 2.10. The highest BCUT2D eigenvalue weighted by molar-refractivity contribution is 5.89. The molecule has 0 radical (unpaired) electrons. The first-order chi connectivity index (χ1) is 8.09. The summed E-state index contributed by atoms with van der Waals surface area (Å²) in [5, 5.41) is 9.08. The monoisotopic (exact) mass is 236 g/mol. The fourth-order valence-corrected chi connectivity index (χ4v) is 2.10. The van der Waals surface area contributed by atoms with Gasteiger partial charge in [0.2, 0.25) is 5.91 Å². The van der Waals surface area contributed by atoms with Crippen LogP contribution in [0.25, 0.3) is 0 Å². The van der Waals surface area contributed by atoms with Crippen LogP contribution in [0.1, 0.15) is 47.7 Å². The highest BCUT2D eigenvalue weighted by Gasteiger charge is 2.31. The largest absolute Gasteiger partial charge is 0.478 e. The van der Waals surface area contributed by atoms with E-state index >= 15 is 0 Å². The fraction of sp³-hybridized carbons (Fsp3) is 0.500. The van der Waals surface area contributed by atoms with Crippen molar-refractivity contribution in [3.8, 4) is 0 Å². The summed E-state index contributed by atoms with van der Waals surface area (Å²) >= 11 is 0. The van der Waals surface area contributed by atoms with E-state index in [9.17, 15) is 9.59 Å². The van der Waals surface area contributed by atoms with Gasteiger partial charge in [0.15, 0.2) is 0 Å². The average molecular weight is 236 g/mol. The molecule has 1 aliphatic rings. The van der Waals surface area contributed by atoms with Crippen LogP contribution in [-0.4, -0.2) is 21.6 Å². The summed E-state index contributed by atoms with van der Waals surface area (Å²) in [6.07, 6.45) is 4.89. The predicted molar refractivity (Wildman–Crippen MR) is 61.8 cm³/mol. The molecule has 1 aliphatic carbocycles. The zero-order chi connectivity index (χ0) is 12.4. The Balaban J connectivity index is 2.11. The zero-order valence-corrected chi connectivity index (χ0v) is 9.56. The summed E-state index contributed by atoms with van der Waals surface area (Å²) in [5.41, 5.74) is 6.38. The SMILES string of the molecule is NC(=O)CCCn1ccc(C(=O)O)c1C1CC1. The second-order valence-electron chi connectivity index (χ2n) is 4.46. The lowest BCUT2D eigenvalue weighted by molar-refractivity contribution is -0.118. The van der Waals surface area contributed by atoms with Crippen LogP contribution < -0.4 is 5.73 Å². The van der Waals surface area contributed by atoms with Gasteiger partial charge in [-0.15, -0.1) is 0 Å². The van der Waals surface area contributed by atoms with Crippen molar-refractivity contribution in [2.24, 2.45) is 5.73 Å². The molecule has 3 N–H and O–H groups in total. The molecule has 1 amide bonds. The third kappa shape index (κ3) is 2.67. The molecule has 1 heterocycles. The van der Waals surface area contributed by atoms with Gasteiger partial charge in [0, 0.05) is 30.8 Å². The number of primary amides is 1. The first-order valence-corrected chi connectivity index (χ1v) is 5.80. The van der Waals surface area contributed by atoms with E-state index in [-0.39, 0.29) is 5.91 Å². The summed E-state index contributed by atoms with van der Waals surface area (Å²) in [6.45, 7) is 0.655. The van der Waals surface area contributed by atoms with E-state index in [2.05, 4.69) is 0 Å². The minimum Gasteiger partial charge on any atom is -0.478 e. The second-order valence-corrected chi connectivity index (χ2v) is 4.46. The van der Waals surface area contributed by atoms with E-state index in [0.29, 0.717) is 30.9 Å². The minimum absolute atomic E-state index is 0.316. The standard InChI is InChI=1S/C12H16N2O3/c13-10(15)2-1-6-14-7-5-9(12(16)17)11(14)8-3-4-8/h5,7-8H,1-4,6H2,(H2,13,15)(H,16,17). The highest BCUT2D eigenvalue weighted by atomic mass is 16.4. The van der Waals surface area contributed by atoms with Crippen molar-refractivity contribution in [1.29, 1.82) is 0 Å². The number of rotatable bonds is 6. The van der Waals surface area contributed by atoms with Crippen molar-refractivity contribution in [1.82, 2.24) is 4.57 Å². The number of aryl methyl sites for hydroxylation is 1. The first kappa shape index (κ1) is 11.7. The van der Waals surface area contributed by atoms with E-state index < -0.39 is 5.97 Å².